The van der Waals surface area contributed by atoms with E-state index in [-0.39, 0.29) is 0 Å². The molecule has 0 radical (unpaired) electrons. The Kier molecular flexibility index (Phi) is 5.67. The summed E-state index contributed by atoms with van der Waals surface area (Å²) in [6, 6.07) is 0. The Balaban J connectivity index is 2.08. The molecule has 86 valence electrons. The Bertz CT molecular complexity index is 209. The van der Waals surface area contributed by atoms with Gasteiger partial charge in [-0.2, -0.15) is 0 Å². The predicted molar refractivity (Wildman–Crippen MR) is 64.8 cm³/mol. The zero-order valence-corrected chi connectivity index (χ0v) is 10.2. The molecule has 0 heterocycles. The lowest BCUT2D eigenvalue weighted by atomic mass is 9.99. The van der Waals surface area contributed by atoms with E-state index in [0.29, 0.717) is 11.7 Å². The van der Waals surface area contributed by atoms with Crippen LogP contribution >= 0.6 is 0 Å². The van der Waals surface area contributed by atoms with Crippen molar-refractivity contribution in [2.24, 2.45) is 11.8 Å². The molecule has 1 aliphatic rings. The van der Waals surface area contributed by atoms with Crippen molar-refractivity contribution < 1.29 is 4.79 Å². The maximum atomic E-state index is 11.7. The van der Waals surface area contributed by atoms with Gasteiger partial charge in [0, 0.05) is 12.3 Å². The highest BCUT2D eigenvalue weighted by Gasteiger charge is 2.21. The molecule has 15 heavy (non-hydrogen) atoms. The maximum absolute atomic E-state index is 11.7. The summed E-state index contributed by atoms with van der Waals surface area (Å²) in [5, 5.41) is 0. The van der Waals surface area contributed by atoms with Crippen molar-refractivity contribution in [1.29, 1.82) is 0 Å². The van der Waals surface area contributed by atoms with Gasteiger partial charge < -0.3 is 0 Å². The minimum absolute atomic E-state index is 0.406. The molecule has 1 fully saturated rings. The molecule has 1 nitrogen and oxygen atoms in total. The molecule has 0 atom stereocenters. The fraction of sp³-hybridized carbons (Fsp3) is 0.786. The standard InChI is InChI=1S/C14H24O/c1-12(2)8-4-3-5-11-14(15)13-9-6-7-10-13/h3-4,12-13H,5-11H2,1-2H3. The first-order valence-electron chi connectivity index (χ1n) is 6.38. The van der Waals surface area contributed by atoms with Crippen LogP contribution in [0.15, 0.2) is 12.2 Å². The van der Waals surface area contributed by atoms with Gasteiger partial charge in [0.25, 0.3) is 0 Å². The minimum atomic E-state index is 0.406. The van der Waals surface area contributed by atoms with E-state index in [4.69, 9.17) is 0 Å². The van der Waals surface area contributed by atoms with Crippen LogP contribution in [-0.2, 0) is 4.79 Å². The molecule has 0 spiro atoms. The summed E-state index contributed by atoms with van der Waals surface area (Å²) >= 11 is 0. The Labute approximate surface area is 93.9 Å². The van der Waals surface area contributed by atoms with Gasteiger partial charge in [0.2, 0.25) is 0 Å². The summed E-state index contributed by atoms with van der Waals surface area (Å²) in [6.45, 7) is 4.43. The van der Waals surface area contributed by atoms with E-state index < -0.39 is 0 Å². The first kappa shape index (κ1) is 12.5. The largest absolute Gasteiger partial charge is 0.299 e. The molecule has 1 rings (SSSR count). The van der Waals surface area contributed by atoms with Crippen LogP contribution in [0.3, 0.4) is 0 Å². The number of hydrogen-bond acceptors (Lipinski definition) is 1. The topological polar surface area (TPSA) is 17.1 Å². The molecule has 0 aromatic carbocycles. The molecule has 1 aliphatic carbocycles. The van der Waals surface area contributed by atoms with Crippen molar-refractivity contribution in [1.82, 2.24) is 0 Å². The maximum Gasteiger partial charge on any atom is 0.136 e. The van der Waals surface area contributed by atoms with Gasteiger partial charge in [-0.05, 0) is 31.6 Å². The fourth-order valence-electron chi connectivity index (χ4n) is 2.16. The molecular weight excluding hydrogens is 184 g/mol. The third-order valence-electron chi connectivity index (χ3n) is 3.14. The highest BCUT2D eigenvalue weighted by molar-refractivity contribution is 5.81. The highest BCUT2D eigenvalue weighted by Crippen LogP contribution is 2.26. The number of rotatable bonds is 6. The van der Waals surface area contributed by atoms with Crippen molar-refractivity contribution in [3.63, 3.8) is 0 Å². The molecule has 0 saturated heterocycles. The second-order valence-electron chi connectivity index (χ2n) is 5.09. The molecule has 1 saturated carbocycles. The minimum Gasteiger partial charge on any atom is -0.299 e. The van der Waals surface area contributed by atoms with E-state index in [1.54, 1.807) is 0 Å². The van der Waals surface area contributed by atoms with Gasteiger partial charge in [0.1, 0.15) is 5.78 Å². The fourth-order valence-corrected chi connectivity index (χ4v) is 2.16. The van der Waals surface area contributed by atoms with Gasteiger partial charge in [-0.15, -0.1) is 0 Å². The van der Waals surface area contributed by atoms with Crippen LogP contribution in [0.4, 0.5) is 0 Å². The van der Waals surface area contributed by atoms with Crippen LogP contribution in [0.25, 0.3) is 0 Å². The lowest BCUT2D eigenvalue weighted by molar-refractivity contribution is -0.122. The Morgan fingerprint density at radius 2 is 1.93 bits per heavy atom. The third-order valence-corrected chi connectivity index (χ3v) is 3.14. The summed E-state index contributed by atoms with van der Waals surface area (Å²) < 4.78 is 0. The van der Waals surface area contributed by atoms with Gasteiger partial charge in [0.15, 0.2) is 0 Å². The van der Waals surface area contributed by atoms with E-state index in [0.717, 1.165) is 38.0 Å². The second kappa shape index (κ2) is 6.81. The molecule has 1 heteroatoms. The van der Waals surface area contributed by atoms with Crippen LogP contribution in [0.5, 0.6) is 0 Å². The first-order valence-corrected chi connectivity index (χ1v) is 6.38. The van der Waals surface area contributed by atoms with E-state index in [1.165, 1.54) is 12.8 Å². The number of carbonyl (C=O) groups excluding carboxylic acids is 1. The van der Waals surface area contributed by atoms with Crippen molar-refractivity contribution in [2.45, 2.75) is 58.8 Å². The quantitative estimate of drug-likeness (QED) is 0.600. The molecule has 0 bridgehead atoms. The summed E-state index contributed by atoms with van der Waals surface area (Å²) in [5.41, 5.74) is 0. The van der Waals surface area contributed by atoms with Crippen molar-refractivity contribution in [3.8, 4) is 0 Å². The summed E-state index contributed by atoms with van der Waals surface area (Å²) in [7, 11) is 0. The van der Waals surface area contributed by atoms with E-state index >= 15 is 0 Å². The van der Waals surface area contributed by atoms with Gasteiger partial charge in [-0.25, -0.2) is 0 Å². The molecule has 0 aliphatic heterocycles. The normalized spacial score (nSPS) is 18.1. The van der Waals surface area contributed by atoms with E-state index in [2.05, 4.69) is 26.0 Å². The number of hydrogen-bond donors (Lipinski definition) is 0. The zero-order valence-electron chi connectivity index (χ0n) is 10.2. The molecular formula is C14H24O. The Hall–Kier alpha value is -0.590. The number of ketones is 1. The number of Topliss-reactive ketones (excluding diaryl/α,β-unsaturated/α-hetero) is 1. The molecule has 0 aromatic rings. The smallest absolute Gasteiger partial charge is 0.136 e. The van der Waals surface area contributed by atoms with Crippen LogP contribution in [-0.4, -0.2) is 5.78 Å². The zero-order chi connectivity index (χ0) is 11.1. The lowest BCUT2D eigenvalue weighted by Crippen LogP contribution is -2.09. The summed E-state index contributed by atoms with van der Waals surface area (Å²) in [4.78, 5) is 11.7. The third kappa shape index (κ3) is 5.15. The molecule has 0 aromatic heterocycles. The van der Waals surface area contributed by atoms with Gasteiger partial charge in [-0.3, -0.25) is 4.79 Å². The summed E-state index contributed by atoms with van der Waals surface area (Å²) in [5.74, 6) is 1.64. The number of carbonyl (C=O) groups is 1. The van der Waals surface area contributed by atoms with Crippen LogP contribution in [0, 0.1) is 11.8 Å². The van der Waals surface area contributed by atoms with Crippen LogP contribution in [0.1, 0.15) is 58.8 Å². The first-order chi connectivity index (χ1) is 7.20. The van der Waals surface area contributed by atoms with Crippen LogP contribution < -0.4 is 0 Å². The number of allylic oxidation sites excluding steroid dienone is 2. The highest BCUT2D eigenvalue weighted by atomic mass is 16.1. The van der Waals surface area contributed by atoms with Gasteiger partial charge in [0.05, 0.1) is 0 Å². The van der Waals surface area contributed by atoms with Crippen molar-refractivity contribution in [2.75, 3.05) is 0 Å². The van der Waals surface area contributed by atoms with Gasteiger partial charge in [-0.1, -0.05) is 38.8 Å². The SMILES string of the molecule is CC(C)CC=CCCC(=O)C1CCCC1. The van der Waals surface area contributed by atoms with Crippen molar-refractivity contribution in [3.05, 3.63) is 12.2 Å². The van der Waals surface area contributed by atoms with E-state index in [9.17, 15) is 4.79 Å². The summed E-state index contributed by atoms with van der Waals surface area (Å²) in [6.07, 6.45) is 12.1. The predicted octanol–water partition coefficient (Wildman–Crippen LogP) is 4.13. The monoisotopic (exact) mass is 208 g/mol. The van der Waals surface area contributed by atoms with Crippen LogP contribution in [0.2, 0.25) is 0 Å². The lowest BCUT2D eigenvalue weighted by Gasteiger charge is -2.05. The Morgan fingerprint density at radius 3 is 2.53 bits per heavy atom. The second-order valence-corrected chi connectivity index (χ2v) is 5.09. The average molecular weight is 208 g/mol. The average Bonchev–Trinajstić information content (AvgIpc) is 2.69. The molecule has 0 amide bonds. The van der Waals surface area contributed by atoms with Gasteiger partial charge >= 0.3 is 0 Å². The molecule has 0 unspecified atom stereocenters. The molecule has 0 N–H and O–H groups in total. The van der Waals surface area contributed by atoms with E-state index in [1.807, 2.05) is 0 Å². The van der Waals surface area contributed by atoms with Crippen molar-refractivity contribution >= 4 is 5.78 Å². The Morgan fingerprint density at radius 1 is 1.27 bits per heavy atom.